The molecular formula is C14H15NO4. The van der Waals surface area contributed by atoms with Crippen LogP contribution in [0.4, 0.5) is 0 Å². The number of allylic oxidation sites excluding steroid dienone is 1. The minimum atomic E-state index is -0.648. The van der Waals surface area contributed by atoms with Crippen molar-refractivity contribution in [1.82, 2.24) is 0 Å². The quantitative estimate of drug-likeness (QED) is 0.369. The molecule has 5 heteroatoms. The number of ether oxygens (including phenoxy) is 1. The van der Waals surface area contributed by atoms with E-state index in [-0.39, 0.29) is 17.1 Å². The van der Waals surface area contributed by atoms with Gasteiger partial charge in [-0.1, -0.05) is 0 Å². The summed E-state index contributed by atoms with van der Waals surface area (Å²) in [7, 11) is 0. The zero-order chi connectivity index (χ0) is 14.6. The van der Waals surface area contributed by atoms with Gasteiger partial charge in [-0.3, -0.25) is 0 Å². The maximum Gasteiger partial charge on any atom is 0.332 e. The fourth-order valence-corrected chi connectivity index (χ4v) is 1.32. The number of carbonyl (C=O) groups excluding carboxylic acids is 1. The molecule has 1 aromatic carbocycles. The lowest BCUT2D eigenvalue weighted by atomic mass is 10.1. The van der Waals surface area contributed by atoms with Gasteiger partial charge in [0.05, 0.1) is 5.57 Å². The van der Waals surface area contributed by atoms with Gasteiger partial charge in [0, 0.05) is 6.08 Å². The van der Waals surface area contributed by atoms with E-state index in [9.17, 15) is 15.0 Å². The third kappa shape index (κ3) is 4.36. The van der Waals surface area contributed by atoms with Crippen LogP contribution in [0.2, 0.25) is 0 Å². The van der Waals surface area contributed by atoms with Gasteiger partial charge < -0.3 is 14.9 Å². The molecule has 19 heavy (non-hydrogen) atoms. The molecule has 0 saturated heterocycles. The van der Waals surface area contributed by atoms with Crippen molar-refractivity contribution in [3.05, 3.63) is 29.8 Å². The SMILES string of the molecule is CC(C)(C)OC(=O)C=C(C#N)c1ccc(O)c(O)c1. The lowest BCUT2D eigenvalue weighted by Gasteiger charge is -2.18. The van der Waals surface area contributed by atoms with E-state index in [0.717, 1.165) is 6.08 Å². The largest absolute Gasteiger partial charge is 0.504 e. The van der Waals surface area contributed by atoms with Gasteiger partial charge >= 0.3 is 5.97 Å². The number of rotatable bonds is 2. The molecule has 0 aromatic heterocycles. The molecule has 0 aliphatic carbocycles. The monoisotopic (exact) mass is 261 g/mol. The molecule has 0 bridgehead atoms. The lowest BCUT2D eigenvalue weighted by Crippen LogP contribution is -2.22. The molecule has 0 amide bonds. The normalized spacial score (nSPS) is 11.8. The zero-order valence-electron chi connectivity index (χ0n) is 11.0. The molecule has 0 unspecified atom stereocenters. The molecule has 2 N–H and O–H groups in total. The molecule has 5 nitrogen and oxygen atoms in total. The Bertz CT molecular complexity index is 562. The van der Waals surface area contributed by atoms with Gasteiger partial charge in [-0.15, -0.1) is 0 Å². The van der Waals surface area contributed by atoms with Crippen molar-refractivity contribution in [2.45, 2.75) is 26.4 Å². The second-order valence-corrected chi connectivity index (χ2v) is 4.91. The molecule has 0 saturated carbocycles. The highest BCUT2D eigenvalue weighted by molar-refractivity contribution is 5.95. The molecule has 0 atom stereocenters. The van der Waals surface area contributed by atoms with Crippen LogP contribution in [0.15, 0.2) is 24.3 Å². The highest BCUT2D eigenvalue weighted by Crippen LogP contribution is 2.28. The van der Waals surface area contributed by atoms with E-state index in [0.29, 0.717) is 5.56 Å². The number of phenols is 2. The molecular weight excluding hydrogens is 246 g/mol. The number of hydrogen-bond acceptors (Lipinski definition) is 5. The topological polar surface area (TPSA) is 90.6 Å². The highest BCUT2D eigenvalue weighted by Gasteiger charge is 2.16. The van der Waals surface area contributed by atoms with E-state index in [2.05, 4.69) is 0 Å². The third-order valence-corrected chi connectivity index (χ3v) is 2.08. The number of carbonyl (C=O) groups is 1. The van der Waals surface area contributed by atoms with Crippen molar-refractivity contribution >= 4 is 11.5 Å². The standard InChI is InChI=1S/C14H15NO4/c1-14(2,3)19-13(18)7-10(8-15)9-4-5-11(16)12(17)6-9/h4-7,16-17H,1-3H3. The maximum atomic E-state index is 11.6. The number of benzene rings is 1. The first kappa shape index (κ1) is 14.6. The Kier molecular flexibility index (Phi) is 4.18. The van der Waals surface area contributed by atoms with Gasteiger partial charge in [0.15, 0.2) is 11.5 Å². The summed E-state index contributed by atoms with van der Waals surface area (Å²) in [5.41, 5.74) is -0.279. The molecule has 1 rings (SSSR count). The molecule has 1 aromatic rings. The van der Waals surface area contributed by atoms with Crippen LogP contribution < -0.4 is 0 Å². The van der Waals surface area contributed by atoms with E-state index >= 15 is 0 Å². The summed E-state index contributed by atoms with van der Waals surface area (Å²) in [4.78, 5) is 11.6. The summed E-state index contributed by atoms with van der Waals surface area (Å²) in [6.07, 6.45) is 1.05. The molecule has 0 fully saturated rings. The van der Waals surface area contributed by atoms with Crippen molar-refractivity contribution in [3.8, 4) is 17.6 Å². The Morgan fingerprint density at radius 3 is 2.42 bits per heavy atom. The number of hydrogen-bond donors (Lipinski definition) is 2. The summed E-state index contributed by atoms with van der Waals surface area (Å²) < 4.78 is 5.07. The first-order chi connectivity index (χ1) is 8.73. The van der Waals surface area contributed by atoms with Crippen LogP contribution in [-0.4, -0.2) is 21.8 Å². The van der Waals surface area contributed by atoms with E-state index < -0.39 is 11.6 Å². The number of phenolic OH excluding ortho intramolecular Hbond substituents is 2. The third-order valence-electron chi connectivity index (χ3n) is 2.08. The van der Waals surface area contributed by atoms with Crippen LogP contribution in [0, 0.1) is 11.3 Å². The predicted molar refractivity (Wildman–Crippen MR) is 69.2 cm³/mol. The lowest BCUT2D eigenvalue weighted by molar-refractivity contribution is -0.148. The smallest absolute Gasteiger partial charge is 0.332 e. The number of nitriles is 1. The maximum absolute atomic E-state index is 11.6. The minimum absolute atomic E-state index is 0.0459. The van der Waals surface area contributed by atoms with Crippen LogP contribution in [0.1, 0.15) is 26.3 Å². The second kappa shape index (κ2) is 5.44. The summed E-state index contributed by atoms with van der Waals surface area (Å²) in [6, 6.07) is 5.72. The van der Waals surface area contributed by atoms with Crippen molar-refractivity contribution in [2.24, 2.45) is 0 Å². The Hall–Kier alpha value is -2.48. The molecule has 0 radical (unpaired) electrons. The van der Waals surface area contributed by atoms with Crippen molar-refractivity contribution in [2.75, 3.05) is 0 Å². The summed E-state index contributed by atoms with van der Waals surface area (Å²) >= 11 is 0. The van der Waals surface area contributed by atoms with E-state index in [1.54, 1.807) is 20.8 Å². The van der Waals surface area contributed by atoms with Gasteiger partial charge in [0.1, 0.15) is 11.7 Å². The van der Waals surface area contributed by atoms with Gasteiger partial charge in [-0.05, 0) is 44.5 Å². The minimum Gasteiger partial charge on any atom is -0.504 e. The van der Waals surface area contributed by atoms with Crippen molar-refractivity contribution in [3.63, 3.8) is 0 Å². The van der Waals surface area contributed by atoms with Crippen LogP contribution in [0.3, 0.4) is 0 Å². The number of esters is 1. The predicted octanol–water partition coefficient (Wildman–Crippen LogP) is 2.35. The van der Waals surface area contributed by atoms with Gasteiger partial charge in [0.25, 0.3) is 0 Å². The number of aromatic hydroxyl groups is 2. The molecule has 100 valence electrons. The van der Waals surface area contributed by atoms with Crippen LogP contribution >= 0.6 is 0 Å². The summed E-state index contributed by atoms with van der Waals surface area (Å²) in [5, 5.41) is 27.6. The van der Waals surface area contributed by atoms with Crippen LogP contribution in [0.5, 0.6) is 11.5 Å². The van der Waals surface area contributed by atoms with E-state index in [1.165, 1.54) is 18.2 Å². The first-order valence-electron chi connectivity index (χ1n) is 5.60. The van der Waals surface area contributed by atoms with Crippen molar-refractivity contribution in [1.29, 1.82) is 5.26 Å². The average Bonchev–Trinajstić information content (AvgIpc) is 2.27. The summed E-state index contributed by atoms with van der Waals surface area (Å²) in [6.45, 7) is 5.16. The average molecular weight is 261 g/mol. The Labute approximate surface area is 111 Å². The van der Waals surface area contributed by atoms with E-state index in [4.69, 9.17) is 10.00 Å². The van der Waals surface area contributed by atoms with Gasteiger partial charge in [0.2, 0.25) is 0 Å². The second-order valence-electron chi connectivity index (χ2n) is 4.91. The fourth-order valence-electron chi connectivity index (χ4n) is 1.32. The van der Waals surface area contributed by atoms with Crippen LogP contribution in [0.25, 0.3) is 5.57 Å². The van der Waals surface area contributed by atoms with Gasteiger partial charge in [-0.2, -0.15) is 5.26 Å². The Morgan fingerprint density at radius 2 is 1.95 bits per heavy atom. The van der Waals surface area contributed by atoms with Gasteiger partial charge in [-0.25, -0.2) is 4.79 Å². The summed E-state index contributed by atoms with van der Waals surface area (Å²) in [5.74, 6) is -1.29. The highest BCUT2D eigenvalue weighted by atomic mass is 16.6. The first-order valence-corrected chi connectivity index (χ1v) is 5.60. The Morgan fingerprint density at radius 1 is 1.32 bits per heavy atom. The molecule has 0 spiro atoms. The number of nitrogens with zero attached hydrogens (tertiary/aromatic N) is 1. The van der Waals surface area contributed by atoms with E-state index in [1.807, 2.05) is 6.07 Å². The van der Waals surface area contributed by atoms with Crippen molar-refractivity contribution < 1.29 is 19.7 Å². The Balaban J connectivity index is 3.04. The van der Waals surface area contributed by atoms with Crippen LogP contribution in [-0.2, 0) is 9.53 Å². The molecule has 0 heterocycles. The zero-order valence-corrected chi connectivity index (χ0v) is 11.0. The molecule has 0 aliphatic heterocycles. The fraction of sp³-hybridized carbons (Fsp3) is 0.286. The molecule has 0 aliphatic rings.